The van der Waals surface area contributed by atoms with E-state index in [-0.39, 0.29) is 11.7 Å². The molecule has 1 aliphatic rings. The Labute approximate surface area is 98.9 Å². The number of amides is 1. The van der Waals surface area contributed by atoms with E-state index in [1.165, 1.54) is 12.1 Å². The smallest absolute Gasteiger partial charge is 0.261 e. The maximum Gasteiger partial charge on any atom is 0.261 e. The van der Waals surface area contributed by atoms with E-state index in [0.717, 1.165) is 12.8 Å². The number of carbonyl (C=O) groups excluding carboxylic acids is 1. The summed E-state index contributed by atoms with van der Waals surface area (Å²) in [5, 5.41) is 2.73. The fourth-order valence-corrected chi connectivity index (χ4v) is 1.79. The summed E-state index contributed by atoms with van der Waals surface area (Å²) in [5.41, 5.74) is 5.77. The van der Waals surface area contributed by atoms with Crippen LogP contribution in [0.4, 0.5) is 10.1 Å². The Balaban J connectivity index is 2.10. The molecule has 1 saturated heterocycles. The van der Waals surface area contributed by atoms with Gasteiger partial charge < -0.3 is 15.8 Å². The molecule has 0 radical (unpaired) electrons. The second-order valence-corrected chi connectivity index (χ2v) is 4.08. The zero-order valence-electron chi connectivity index (χ0n) is 9.41. The van der Waals surface area contributed by atoms with Crippen LogP contribution in [0.2, 0.25) is 0 Å². The van der Waals surface area contributed by atoms with Crippen LogP contribution in [-0.4, -0.2) is 18.6 Å². The lowest BCUT2D eigenvalue weighted by atomic mass is 10.2. The van der Waals surface area contributed by atoms with E-state index in [1.807, 2.05) is 0 Å². The highest BCUT2D eigenvalue weighted by molar-refractivity contribution is 5.81. The van der Waals surface area contributed by atoms with Crippen molar-refractivity contribution in [2.24, 2.45) is 0 Å². The summed E-state index contributed by atoms with van der Waals surface area (Å²) in [5.74, 6) is -0.651. The molecule has 1 amide bonds. The zero-order chi connectivity index (χ0) is 12.3. The topological polar surface area (TPSA) is 64.3 Å². The molecule has 0 aromatic heterocycles. The number of benzene rings is 1. The number of ether oxygens (including phenoxy) is 1. The standard InChI is InChI=1S/C12H15FN2O2/c13-9-7-8(14)4-5-10(9)17-11-3-1-2-6-15-12(11)16/h4-5,7,11H,1-3,6,14H2,(H,15,16). The summed E-state index contributed by atoms with van der Waals surface area (Å²) < 4.78 is 18.9. The van der Waals surface area contributed by atoms with Gasteiger partial charge >= 0.3 is 0 Å². The molecule has 0 spiro atoms. The normalized spacial score (nSPS) is 20.5. The van der Waals surface area contributed by atoms with Crippen LogP contribution in [0.25, 0.3) is 0 Å². The number of halogens is 1. The summed E-state index contributed by atoms with van der Waals surface area (Å²) in [6.07, 6.45) is 1.81. The minimum atomic E-state index is -0.615. The summed E-state index contributed by atoms with van der Waals surface area (Å²) in [4.78, 5) is 11.6. The van der Waals surface area contributed by atoms with Gasteiger partial charge in [0.1, 0.15) is 0 Å². The molecule has 17 heavy (non-hydrogen) atoms. The molecular weight excluding hydrogens is 223 g/mol. The van der Waals surface area contributed by atoms with Gasteiger partial charge in [0, 0.05) is 18.3 Å². The Morgan fingerprint density at radius 1 is 1.41 bits per heavy atom. The van der Waals surface area contributed by atoms with Gasteiger partial charge in [0.2, 0.25) is 0 Å². The molecule has 1 unspecified atom stereocenters. The highest BCUT2D eigenvalue weighted by Gasteiger charge is 2.23. The van der Waals surface area contributed by atoms with Crippen molar-refractivity contribution in [3.8, 4) is 5.75 Å². The quantitative estimate of drug-likeness (QED) is 0.766. The first-order valence-electron chi connectivity index (χ1n) is 5.66. The van der Waals surface area contributed by atoms with Gasteiger partial charge in [0.25, 0.3) is 5.91 Å². The van der Waals surface area contributed by atoms with Gasteiger partial charge in [-0.3, -0.25) is 4.79 Å². The SMILES string of the molecule is Nc1ccc(OC2CCCCNC2=O)c(F)c1. The van der Waals surface area contributed by atoms with Crippen LogP contribution in [-0.2, 0) is 4.79 Å². The van der Waals surface area contributed by atoms with E-state index in [1.54, 1.807) is 6.07 Å². The van der Waals surface area contributed by atoms with Gasteiger partial charge in [-0.05, 0) is 31.4 Å². The monoisotopic (exact) mass is 238 g/mol. The van der Waals surface area contributed by atoms with Crippen molar-refractivity contribution in [3.63, 3.8) is 0 Å². The number of nitrogens with two attached hydrogens (primary N) is 1. The van der Waals surface area contributed by atoms with Crippen molar-refractivity contribution in [2.45, 2.75) is 25.4 Å². The molecule has 1 aliphatic heterocycles. The first kappa shape index (κ1) is 11.7. The third-order valence-corrected chi connectivity index (χ3v) is 2.71. The Morgan fingerprint density at radius 2 is 2.24 bits per heavy atom. The van der Waals surface area contributed by atoms with E-state index in [9.17, 15) is 9.18 Å². The molecule has 92 valence electrons. The average molecular weight is 238 g/mol. The van der Waals surface area contributed by atoms with E-state index >= 15 is 0 Å². The van der Waals surface area contributed by atoms with Crippen LogP contribution in [0.3, 0.4) is 0 Å². The van der Waals surface area contributed by atoms with E-state index in [4.69, 9.17) is 10.5 Å². The largest absolute Gasteiger partial charge is 0.478 e. The molecule has 1 heterocycles. The van der Waals surface area contributed by atoms with Crippen LogP contribution >= 0.6 is 0 Å². The van der Waals surface area contributed by atoms with E-state index in [0.29, 0.717) is 18.7 Å². The highest BCUT2D eigenvalue weighted by Crippen LogP contribution is 2.22. The summed E-state index contributed by atoms with van der Waals surface area (Å²) >= 11 is 0. The first-order chi connectivity index (χ1) is 8.16. The van der Waals surface area contributed by atoms with Crippen molar-refractivity contribution in [3.05, 3.63) is 24.0 Å². The van der Waals surface area contributed by atoms with Crippen molar-refractivity contribution in [1.29, 1.82) is 0 Å². The van der Waals surface area contributed by atoms with Crippen molar-refractivity contribution < 1.29 is 13.9 Å². The molecule has 5 heteroatoms. The molecule has 1 atom stereocenters. The molecule has 1 fully saturated rings. The van der Waals surface area contributed by atoms with Crippen molar-refractivity contribution in [1.82, 2.24) is 5.32 Å². The van der Waals surface area contributed by atoms with Crippen LogP contribution < -0.4 is 15.8 Å². The molecule has 0 bridgehead atoms. The molecule has 1 aromatic carbocycles. The first-order valence-corrected chi connectivity index (χ1v) is 5.66. The van der Waals surface area contributed by atoms with Crippen molar-refractivity contribution in [2.75, 3.05) is 12.3 Å². The molecule has 2 rings (SSSR count). The van der Waals surface area contributed by atoms with Gasteiger partial charge in [-0.1, -0.05) is 0 Å². The fraction of sp³-hybridized carbons (Fsp3) is 0.417. The maximum atomic E-state index is 13.5. The van der Waals surface area contributed by atoms with Crippen LogP contribution in [0.1, 0.15) is 19.3 Å². The minimum Gasteiger partial charge on any atom is -0.478 e. The average Bonchev–Trinajstić information content (AvgIpc) is 2.48. The summed E-state index contributed by atoms with van der Waals surface area (Å²) in [6.45, 7) is 0.656. The van der Waals surface area contributed by atoms with E-state index in [2.05, 4.69) is 5.32 Å². The zero-order valence-corrected chi connectivity index (χ0v) is 9.41. The Kier molecular flexibility index (Phi) is 3.46. The van der Waals surface area contributed by atoms with Gasteiger partial charge in [-0.25, -0.2) is 4.39 Å². The Hall–Kier alpha value is -1.78. The Morgan fingerprint density at radius 3 is 3.00 bits per heavy atom. The van der Waals surface area contributed by atoms with E-state index < -0.39 is 11.9 Å². The number of carbonyl (C=O) groups is 1. The second kappa shape index (κ2) is 5.03. The van der Waals surface area contributed by atoms with Crippen LogP contribution in [0, 0.1) is 5.82 Å². The molecule has 1 aromatic rings. The van der Waals surface area contributed by atoms with Crippen molar-refractivity contribution >= 4 is 11.6 Å². The Bertz CT molecular complexity index is 423. The highest BCUT2D eigenvalue weighted by atomic mass is 19.1. The van der Waals surface area contributed by atoms with Gasteiger partial charge in [0.15, 0.2) is 17.7 Å². The number of nitrogens with one attached hydrogen (secondary N) is 1. The van der Waals surface area contributed by atoms with Gasteiger partial charge in [0.05, 0.1) is 0 Å². The van der Waals surface area contributed by atoms with Crippen LogP contribution in [0.15, 0.2) is 18.2 Å². The second-order valence-electron chi connectivity index (χ2n) is 4.08. The lowest BCUT2D eigenvalue weighted by Crippen LogP contribution is -2.36. The lowest BCUT2D eigenvalue weighted by molar-refractivity contribution is -0.127. The molecule has 0 saturated carbocycles. The molecule has 4 nitrogen and oxygen atoms in total. The third-order valence-electron chi connectivity index (χ3n) is 2.71. The number of hydrogen-bond acceptors (Lipinski definition) is 3. The number of nitrogen functional groups attached to an aromatic ring is 1. The van der Waals surface area contributed by atoms with Crippen LogP contribution in [0.5, 0.6) is 5.75 Å². The lowest BCUT2D eigenvalue weighted by Gasteiger charge is -2.16. The number of rotatable bonds is 2. The predicted molar refractivity (Wildman–Crippen MR) is 62.1 cm³/mol. The number of anilines is 1. The summed E-state index contributed by atoms with van der Waals surface area (Å²) in [7, 11) is 0. The number of hydrogen-bond donors (Lipinski definition) is 2. The summed E-state index contributed by atoms with van der Waals surface area (Å²) in [6, 6.07) is 4.18. The predicted octanol–water partition coefficient (Wildman–Crippen LogP) is 1.46. The maximum absolute atomic E-state index is 13.5. The van der Waals surface area contributed by atoms with Gasteiger partial charge in [-0.15, -0.1) is 0 Å². The van der Waals surface area contributed by atoms with Gasteiger partial charge in [-0.2, -0.15) is 0 Å². The molecule has 0 aliphatic carbocycles. The fourth-order valence-electron chi connectivity index (χ4n) is 1.79. The minimum absolute atomic E-state index is 0.0706. The third kappa shape index (κ3) is 2.87. The molecular formula is C12H15FN2O2. The molecule has 3 N–H and O–H groups in total.